The van der Waals surface area contributed by atoms with Crippen molar-refractivity contribution in [3.8, 4) is 0 Å². The Labute approximate surface area is 154 Å². The number of imidazole rings is 1. The van der Waals surface area contributed by atoms with Crippen LogP contribution in [0, 0.1) is 0 Å². The summed E-state index contributed by atoms with van der Waals surface area (Å²) in [6, 6.07) is -0.847. The van der Waals surface area contributed by atoms with Crippen LogP contribution in [0.5, 0.6) is 0 Å². The van der Waals surface area contributed by atoms with Gasteiger partial charge in [0.1, 0.15) is 12.6 Å². The Bertz CT molecular complexity index is 622. The first kappa shape index (κ1) is 21.6. The minimum absolute atomic E-state index is 0.197. The molecule has 0 aliphatic rings. The number of hydrogen-bond donors (Lipinski definition) is 5. The number of H-pyrrole nitrogens is 1. The number of aromatic nitrogens is 2. The fraction of sp³-hybridized carbons (Fsp3) is 0.533. The summed E-state index contributed by atoms with van der Waals surface area (Å²) in [6.07, 6.45) is 3.90. The number of nitrogens with two attached hydrogens (primary N) is 1. The second-order valence-corrected chi connectivity index (χ2v) is 6.83. The van der Waals surface area contributed by atoms with Crippen molar-refractivity contribution in [3.05, 3.63) is 18.2 Å². The molecular weight excluding hydrogens is 362 g/mol. The van der Waals surface area contributed by atoms with Gasteiger partial charge in [-0.1, -0.05) is 11.8 Å². The number of nitrogens with zero attached hydrogens (tertiary/aromatic N) is 1. The van der Waals surface area contributed by atoms with Crippen molar-refractivity contribution in [1.29, 1.82) is 0 Å². The molecule has 6 N–H and O–H groups in total. The van der Waals surface area contributed by atoms with Crippen molar-refractivity contribution in [2.24, 2.45) is 5.73 Å². The van der Waals surface area contributed by atoms with Crippen LogP contribution in [0.2, 0.25) is 0 Å². The third-order valence-electron chi connectivity index (χ3n) is 3.28. The molecule has 0 fully saturated rings. The number of carbonyl (C=O) groups is 4. The molecule has 0 aliphatic carbocycles. The maximum Gasteiger partial charge on any atom is 0.322 e. The van der Waals surface area contributed by atoms with Gasteiger partial charge in [0.25, 0.3) is 0 Å². The molecule has 1 aromatic heterocycles. The Morgan fingerprint density at radius 1 is 1.38 bits per heavy atom. The number of carboxylic acids is 1. The number of hydrogen-bond acceptors (Lipinski definition) is 7. The first-order chi connectivity index (χ1) is 12.3. The molecule has 2 atom stereocenters. The van der Waals surface area contributed by atoms with Crippen LogP contribution in [-0.4, -0.2) is 62.4 Å². The van der Waals surface area contributed by atoms with Crippen molar-refractivity contribution >= 4 is 34.7 Å². The maximum absolute atomic E-state index is 12.5. The number of carboxylic acid groups (broad SMARTS) is 1. The number of thioether (sulfide) groups is 1. The molecule has 2 amide bonds. The van der Waals surface area contributed by atoms with Crippen LogP contribution < -0.4 is 16.4 Å². The number of rotatable bonds is 11. The van der Waals surface area contributed by atoms with Crippen LogP contribution in [0.15, 0.2) is 12.5 Å². The van der Waals surface area contributed by atoms with E-state index in [9.17, 15) is 19.2 Å². The average molecular weight is 385 g/mol. The zero-order valence-electron chi connectivity index (χ0n) is 14.4. The second-order valence-electron chi connectivity index (χ2n) is 5.48. The molecule has 1 rings (SSSR count). The number of nitrogens with one attached hydrogen (secondary N) is 3. The zero-order valence-corrected chi connectivity index (χ0v) is 15.2. The molecule has 0 aliphatic heterocycles. The highest BCUT2D eigenvalue weighted by Gasteiger charge is 2.26. The van der Waals surface area contributed by atoms with Crippen LogP contribution in [-0.2, 0) is 25.6 Å². The molecule has 0 spiro atoms. The van der Waals surface area contributed by atoms with Gasteiger partial charge in [0.15, 0.2) is 0 Å². The summed E-state index contributed by atoms with van der Waals surface area (Å²) in [5.41, 5.74) is 6.03. The number of carbonyl (C=O) groups excluding carboxylic acids is 3. The van der Waals surface area contributed by atoms with Crippen LogP contribution in [0.4, 0.5) is 0 Å². The van der Waals surface area contributed by atoms with Gasteiger partial charge in [-0.05, 0) is 19.9 Å². The van der Waals surface area contributed by atoms with Gasteiger partial charge in [0, 0.05) is 24.7 Å². The zero-order chi connectivity index (χ0) is 19.5. The molecule has 0 saturated heterocycles. The highest BCUT2D eigenvalue weighted by Crippen LogP contribution is 2.16. The van der Waals surface area contributed by atoms with E-state index in [4.69, 9.17) is 10.8 Å². The van der Waals surface area contributed by atoms with Crippen LogP contribution in [0.1, 0.15) is 25.5 Å². The lowest BCUT2D eigenvalue weighted by Gasteiger charge is -2.18. The lowest BCUT2D eigenvalue weighted by molar-refractivity contribution is -0.137. The second kappa shape index (κ2) is 11.3. The van der Waals surface area contributed by atoms with E-state index in [1.54, 1.807) is 6.20 Å². The SMILES string of the molecule is CC(SC(=O)C(Cc1cnc[nH]1)NC(=O)CCCN)C(=O)NCC(=O)O. The molecule has 11 heteroatoms. The van der Waals surface area contributed by atoms with E-state index in [1.165, 1.54) is 13.3 Å². The van der Waals surface area contributed by atoms with Gasteiger partial charge in [0.2, 0.25) is 16.9 Å². The molecule has 1 heterocycles. The quantitative estimate of drug-likeness (QED) is 0.324. The molecule has 144 valence electrons. The monoisotopic (exact) mass is 385 g/mol. The van der Waals surface area contributed by atoms with Gasteiger partial charge in [-0.2, -0.15) is 0 Å². The van der Waals surface area contributed by atoms with E-state index < -0.39 is 34.8 Å². The molecule has 0 radical (unpaired) electrons. The van der Waals surface area contributed by atoms with Gasteiger partial charge in [-0.25, -0.2) is 4.98 Å². The third kappa shape index (κ3) is 8.12. The van der Waals surface area contributed by atoms with Crippen molar-refractivity contribution in [2.75, 3.05) is 13.1 Å². The van der Waals surface area contributed by atoms with Gasteiger partial charge in [-0.3, -0.25) is 19.2 Å². The lowest BCUT2D eigenvalue weighted by Crippen LogP contribution is -2.43. The summed E-state index contributed by atoms with van der Waals surface area (Å²) in [7, 11) is 0. The van der Waals surface area contributed by atoms with Crippen LogP contribution in [0.3, 0.4) is 0 Å². The molecule has 26 heavy (non-hydrogen) atoms. The van der Waals surface area contributed by atoms with Crippen LogP contribution >= 0.6 is 11.8 Å². The van der Waals surface area contributed by atoms with Crippen molar-refractivity contribution in [1.82, 2.24) is 20.6 Å². The van der Waals surface area contributed by atoms with Gasteiger partial charge >= 0.3 is 5.97 Å². The number of aliphatic carboxylic acids is 1. The Balaban J connectivity index is 2.68. The first-order valence-electron chi connectivity index (χ1n) is 8.00. The normalized spacial score (nSPS) is 12.8. The van der Waals surface area contributed by atoms with E-state index >= 15 is 0 Å². The topological polar surface area (TPSA) is 167 Å². The molecule has 0 aromatic carbocycles. The Morgan fingerprint density at radius 3 is 2.69 bits per heavy atom. The standard InChI is InChI=1S/C15H23N5O5S/c1-9(14(24)18-7-13(22)23)26-15(25)11(5-10-6-17-8-19-10)20-12(21)3-2-4-16/h6,8-9,11H,2-5,7,16H2,1H3,(H,17,19)(H,18,24)(H,20,21)(H,22,23). The minimum Gasteiger partial charge on any atom is -0.480 e. The molecule has 0 saturated carbocycles. The number of aromatic amines is 1. The summed E-state index contributed by atoms with van der Waals surface area (Å²) in [5.74, 6) is -2.05. The smallest absolute Gasteiger partial charge is 0.322 e. The summed E-state index contributed by atoms with van der Waals surface area (Å²) in [5, 5.41) is 12.2. The fourth-order valence-electron chi connectivity index (χ4n) is 1.95. The lowest BCUT2D eigenvalue weighted by atomic mass is 10.1. The largest absolute Gasteiger partial charge is 0.480 e. The van der Waals surface area contributed by atoms with Gasteiger partial charge in [-0.15, -0.1) is 0 Å². The predicted octanol–water partition coefficient (Wildman–Crippen LogP) is -0.975. The Hall–Kier alpha value is -2.40. The summed E-state index contributed by atoms with van der Waals surface area (Å²) < 4.78 is 0. The van der Waals surface area contributed by atoms with E-state index in [0.717, 1.165) is 11.8 Å². The summed E-state index contributed by atoms with van der Waals surface area (Å²) in [6.45, 7) is 1.33. The van der Waals surface area contributed by atoms with E-state index in [-0.39, 0.29) is 18.7 Å². The molecular formula is C15H23N5O5S. The molecule has 2 unspecified atom stereocenters. The van der Waals surface area contributed by atoms with E-state index in [2.05, 4.69) is 20.6 Å². The third-order valence-corrected chi connectivity index (χ3v) is 4.37. The van der Waals surface area contributed by atoms with Gasteiger partial charge in [0.05, 0.1) is 11.6 Å². The molecule has 0 bridgehead atoms. The molecule has 1 aromatic rings. The predicted molar refractivity (Wildman–Crippen MR) is 95.2 cm³/mol. The Morgan fingerprint density at radius 2 is 2.12 bits per heavy atom. The van der Waals surface area contributed by atoms with E-state index in [1.807, 2.05) is 0 Å². The first-order valence-corrected chi connectivity index (χ1v) is 8.88. The summed E-state index contributed by atoms with van der Waals surface area (Å²) >= 11 is 0.738. The average Bonchev–Trinajstić information content (AvgIpc) is 3.10. The Kier molecular flexibility index (Phi) is 9.37. The van der Waals surface area contributed by atoms with Crippen molar-refractivity contribution < 1.29 is 24.3 Å². The van der Waals surface area contributed by atoms with E-state index in [0.29, 0.717) is 18.7 Å². The van der Waals surface area contributed by atoms with Gasteiger partial charge < -0.3 is 26.5 Å². The highest BCUT2D eigenvalue weighted by molar-refractivity contribution is 8.14. The van der Waals surface area contributed by atoms with Crippen LogP contribution in [0.25, 0.3) is 0 Å². The highest BCUT2D eigenvalue weighted by atomic mass is 32.2. The maximum atomic E-state index is 12.5. The number of amides is 2. The molecule has 10 nitrogen and oxygen atoms in total. The van der Waals surface area contributed by atoms with Crippen molar-refractivity contribution in [2.45, 2.75) is 37.5 Å². The minimum atomic E-state index is -1.17. The van der Waals surface area contributed by atoms with Crippen molar-refractivity contribution in [3.63, 3.8) is 0 Å². The fourth-order valence-corrected chi connectivity index (χ4v) is 2.80. The summed E-state index contributed by atoms with van der Waals surface area (Å²) in [4.78, 5) is 53.5.